The first-order valence-corrected chi connectivity index (χ1v) is 8.34. The lowest BCUT2D eigenvalue weighted by molar-refractivity contribution is 0.404. The molecule has 0 aliphatic rings. The van der Waals surface area contributed by atoms with Crippen molar-refractivity contribution in [3.05, 3.63) is 58.0 Å². The summed E-state index contributed by atoms with van der Waals surface area (Å²) in [6, 6.07) is 6.88. The van der Waals surface area contributed by atoms with Crippen LogP contribution in [0.3, 0.4) is 0 Å². The van der Waals surface area contributed by atoms with Crippen LogP contribution in [0.2, 0.25) is 0 Å². The first-order valence-electron chi connectivity index (χ1n) is 8.34. The molecule has 0 unspecified atom stereocenters. The molecule has 140 valence electrons. The van der Waals surface area contributed by atoms with Crippen LogP contribution < -0.4 is 10.4 Å². The van der Waals surface area contributed by atoms with Gasteiger partial charge in [-0.3, -0.25) is 0 Å². The summed E-state index contributed by atoms with van der Waals surface area (Å²) in [4.78, 5) is 12.4. The number of allylic oxidation sites excluding steroid dienone is 2. The SMILES string of the molecule is COc1c(CC=C(C)C)c(O)cc2oc(=O)c(-c3ccc(O)cc3O)cc12. The lowest BCUT2D eigenvalue weighted by Crippen LogP contribution is -2.04. The Morgan fingerprint density at radius 2 is 1.81 bits per heavy atom. The Bertz CT molecular complexity index is 1100. The minimum atomic E-state index is -0.679. The monoisotopic (exact) mass is 368 g/mol. The average molecular weight is 368 g/mol. The van der Waals surface area contributed by atoms with Crippen molar-refractivity contribution in [2.75, 3.05) is 7.11 Å². The summed E-state index contributed by atoms with van der Waals surface area (Å²) in [6.07, 6.45) is 2.40. The van der Waals surface area contributed by atoms with Crippen LogP contribution in [0.15, 0.2) is 51.2 Å². The molecule has 0 aliphatic carbocycles. The third-order valence-electron chi connectivity index (χ3n) is 4.26. The molecule has 3 rings (SSSR count). The Morgan fingerprint density at radius 3 is 2.44 bits per heavy atom. The Balaban J connectivity index is 2.30. The van der Waals surface area contributed by atoms with Crippen LogP contribution in [0.25, 0.3) is 22.1 Å². The molecular formula is C21H20O6. The number of aromatic hydroxyl groups is 3. The Morgan fingerprint density at radius 1 is 1.07 bits per heavy atom. The molecule has 6 nitrogen and oxygen atoms in total. The fourth-order valence-corrected chi connectivity index (χ4v) is 2.93. The predicted octanol–water partition coefficient (Wildman–Crippen LogP) is 4.09. The van der Waals surface area contributed by atoms with E-state index < -0.39 is 5.63 Å². The van der Waals surface area contributed by atoms with Crippen molar-refractivity contribution in [3.8, 4) is 34.1 Å². The molecule has 3 N–H and O–H groups in total. The molecule has 0 amide bonds. The van der Waals surface area contributed by atoms with Gasteiger partial charge in [0.15, 0.2) is 0 Å². The molecule has 0 spiro atoms. The minimum Gasteiger partial charge on any atom is -0.508 e. The summed E-state index contributed by atoms with van der Waals surface area (Å²) in [5.74, 6) is 0.00287. The second-order valence-electron chi connectivity index (χ2n) is 6.45. The molecule has 0 fully saturated rings. The highest BCUT2D eigenvalue weighted by Crippen LogP contribution is 2.39. The lowest BCUT2D eigenvalue weighted by Gasteiger charge is -2.13. The molecule has 0 radical (unpaired) electrons. The summed E-state index contributed by atoms with van der Waals surface area (Å²) in [6.45, 7) is 3.91. The summed E-state index contributed by atoms with van der Waals surface area (Å²) >= 11 is 0. The van der Waals surface area contributed by atoms with E-state index in [1.807, 2.05) is 19.9 Å². The highest BCUT2D eigenvalue weighted by atomic mass is 16.5. The first kappa shape index (κ1) is 18.4. The zero-order valence-corrected chi connectivity index (χ0v) is 15.2. The van der Waals surface area contributed by atoms with Crippen LogP contribution >= 0.6 is 0 Å². The van der Waals surface area contributed by atoms with Crippen molar-refractivity contribution in [1.29, 1.82) is 0 Å². The fraction of sp³-hybridized carbons (Fsp3) is 0.190. The highest BCUT2D eigenvalue weighted by molar-refractivity contribution is 5.91. The Hall–Kier alpha value is -3.41. The maximum Gasteiger partial charge on any atom is 0.344 e. The maximum atomic E-state index is 12.4. The number of hydrogen-bond acceptors (Lipinski definition) is 6. The zero-order valence-electron chi connectivity index (χ0n) is 15.2. The van der Waals surface area contributed by atoms with Gasteiger partial charge < -0.3 is 24.5 Å². The van der Waals surface area contributed by atoms with Gasteiger partial charge in [0.2, 0.25) is 0 Å². The van der Waals surface area contributed by atoms with Crippen LogP contribution in [0.1, 0.15) is 19.4 Å². The molecule has 3 aromatic rings. The van der Waals surface area contributed by atoms with E-state index in [-0.39, 0.29) is 34.0 Å². The van der Waals surface area contributed by atoms with Gasteiger partial charge in [0, 0.05) is 23.3 Å². The molecule has 1 aromatic heterocycles. The van der Waals surface area contributed by atoms with Gasteiger partial charge in [-0.05, 0) is 38.5 Å². The predicted molar refractivity (Wildman–Crippen MR) is 103 cm³/mol. The van der Waals surface area contributed by atoms with Gasteiger partial charge in [0.1, 0.15) is 28.6 Å². The van der Waals surface area contributed by atoms with Crippen molar-refractivity contribution in [2.45, 2.75) is 20.3 Å². The van der Waals surface area contributed by atoms with E-state index in [4.69, 9.17) is 9.15 Å². The van der Waals surface area contributed by atoms with E-state index in [0.29, 0.717) is 23.1 Å². The largest absolute Gasteiger partial charge is 0.508 e. The summed E-state index contributed by atoms with van der Waals surface area (Å²) in [5, 5.41) is 30.4. The molecule has 0 bridgehead atoms. The summed E-state index contributed by atoms with van der Waals surface area (Å²) in [5.41, 5.74) is 1.51. The van der Waals surface area contributed by atoms with Gasteiger partial charge in [0.05, 0.1) is 18.1 Å². The number of hydrogen-bond donors (Lipinski definition) is 3. The second-order valence-corrected chi connectivity index (χ2v) is 6.45. The van der Waals surface area contributed by atoms with Crippen LogP contribution in [0.4, 0.5) is 0 Å². The number of phenols is 3. The van der Waals surface area contributed by atoms with Crippen molar-refractivity contribution in [3.63, 3.8) is 0 Å². The lowest BCUT2D eigenvalue weighted by atomic mass is 10.0. The number of methoxy groups -OCH3 is 1. The minimum absolute atomic E-state index is 0.0276. The molecular weight excluding hydrogens is 348 g/mol. The van der Waals surface area contributed by atoms with E-state index in [1.165, 1.54) is 25.3 Å². The highest BCUT2D eigenvalue weighted by Gasteiger charge is 2.19. The van der Waals surface area contributed by atoms with Gasteiger partial charge in [-0.25, -0.2) is 4.79 Å². The zero-order chi connectivity index (χ0) is 19.7. The Labute approximate surface area is 155 Å². The van der Waals surface area contributed by atoms with E-state index in [2.05, 4.69) is 0 Å². The molecule has 27 heavy (non-hydrogen) atoms. The average Bonchev–Trinajstić information content (AvgIpc) is 2.59. The van der Waals surface area contributed by atoms with Gasteiger partial charge in [-0.1, -0.05) is 11.6 Å². The van der Waals surface area contributed by atoms with Crippen molar-refractivity contribution in [1.82, 2.24) is 0 Å². The van der Waals surface area contributed by atoms with E-state index in [0.717, 1.165) is 11.6 Å². The second kappa shape index (κ2) is 7.07. The quantitative estimate of drug-likeness (QED) is 0.474. The normalized spacial score (nSPS) is 10.8. The number of rotatable bonds is 4. The Kier molecular flexibility index (Phi) is 4.81. The van der Waals surface area contributed by atoms with Crippen LogP contribution in [-0.4, -0.2) is 22.4 Å². The van der Waals surface area contributed by atoms with Crippen molar-refractivity contribution < 1.29 is 24.5 Å². The smallest absolute Gasteiger partial charge is 0.344 e. The van der Waals surface area contributed by atoms with Gasteiger partial charge in [0.25, 0.3) is 0 Å². The number of ether oxygens (including phenoxy) is 1. The first-order chi connectivity index (χ1) is 12.8. The molecule has 1 heterocycles. The van der Waals surface area contributed by atoms with E-state index in [1.54, 1.807) is 6.07 Å². The van der Waals surface area contributed by atoms with Crippen LogP contribution in [0.5, 0.6) is 23.0 Å². The summed E-state index contributed by atoms with van der Waals surface area (Å²) < 4.78 is 10.8. The number of fused-ring (bicyclic) bond motifs is 1. The van der Waals surface area contributed by atoms with Crippen LogP contribution in [0, 0.1) is 0 Å². The third kappa shape index (κ3) is 3.46. The third-order valence-corrected chi connectivity index (χ3v) is 4.26. The summed E-state index contributed by atoms with van der Waals surface area (Å²) in [7, 11) is 1.48. The van der Waals surface area contributed by atoms with E-state index >= 15 is 0 Å². The van der Waals surface area contributed by atoms with Gasteiger partial charge >= 0.3 is 5.63 Å². The topological polar surface area (TPSA) is 100 Å². The molecule has 0 saturated heterocycles. The number of phenolic OH excluding ortho intramolecular Hbond substituents is 3. The number of benzene rings is 2. The molecule has 2 aromatic carbocycles. The van der Waals surface area contributed by atoms with Gasteiger partial charge in [-0.2, -0.15) is 0 Å². The maximum absolute atomic E-state index is 12.4. The van der Waals surface area contributed by atoms with Crippen molar-refractivity contribution in [2.24, 2.45) is 0 Å². The molecule has 6 heteroatoms. The van der Waals surface area contributed by atoms with E-state index in [9.17, 15) is 20.1 Å². The van der Waals surface area contributed by atoms with Crippen LogP contribution in [-0.2, 0) is 6.42 Å². The molecule has 0 aliphatic heterocycles. The standard InChI is InChI=1S/C21H20O6/c1-11(2)4-6-14-18(24)10-19-16(20(14)26-3)9-15(21(25)27-19)13-7-5-12(22)8-17(13)23/h4-5,7-10,22-24H,6H2,1-3H3. The van der Waals surface area contributed by atoms with Crippen molar-refractivity contribution >= 4 is 11.0 Å². The van der Waals surface area contributed by atoms with Gasteiger partial charge in [-0.15, -0.1) is 0 Å². The molecule has 0 saturated carbocycles. The molecule has 0 atom stereocenters. The fourth-order valence-electron chi connectivity index (χ4n) is 2.93.